The number of aryl methyl sites for hydroxylation is 2. The van der Waals surface area contributed by atoms with Gasteiger partial charge in [-0.05, 0) is 71.6 Å². The highest BCUT2D eigenvalue weighted by molar-refractivity contribution is 9.10. The predicted octanol–water partition coefficient (Wildman–Crippen LogP) is 5.05. The lowest BCUT2D eigenvalue weighted by atomic mass is 10.1. The molecule has 5 nitrogen and oxygen atoms in total. The third-order valence-electron chi connectivity index (χ3n) is 3.80. The molecule has 2 aromatic carbocycles. The lowest BCUT2D eigenvalue weighted by molar-refractivity contribution is 0.981. The van der Waals surface area contributed by atoms with Crippen LogP contribution in [0.25, 0.3) is 0 Å². The van der Waals surface area contributed by atoms with E-state index in [4.69, 9.17) is 0 Å². The van der Waals surface area contributed by atoms with E-state index in [9.17, 15) is 0 Å². The number of hydrogen-bond donors (Lipinski definition) is 2. The SMILES string of the molecule is Cc1ccc(Nc2nncc(Nc3cccc(C)c3C)n2)c(Br)c1. The summed E-state index contributed by atoms with van der Waals surface area (Å²) in [5, 5.41) is 14.5. The molecule has 6 heteroatoms. The van der Waals surface area contributed by atoms with E-state index in [0.29, 0.717) is 11.8 Å². The number of benzene rings is 2. The van der Waals surface area contributed by atoms with E-state index in [2.05, 4.69) is 61.7 Å². The largest absolute Gasteiger partial charge is 0.339 e. The summed E-state index contributed by atoms with van der Waals surface area (Å²) in [5.74, 6) is 1.08. The van der Waals surface area contributed by atoms with Crippen LogP contribution in [0.5, 0.6) is 0 Å². The molecule has 0 atom stereocenters. The number of halogens is 1. The zero-order chi connectivity index (χ0) is 17.1. The van der Waals surface area contributed by atoms with E-state index in [1.165, 1.54) is 16.7 Å². The Morgan fingerprint density at radius 2 is 1.79 bits per heavy atom. The van der Waals surface area contributed by atoms with Crippen molar-refractivity contribution < 1.29 is 0 Å². The second-order valence-electron chi connectivity index (χ2n) is 5.65. The number of anilines is 4. The molecule has 0 bridgehead atoms. The molecule has 0 fully saturated rings. The molecule has 0 saturated carbocycles. The molecule has 1 heterocycles. The van der Waals surface area contributed by atoms with Crippen LogP contribution in [0.15, 0.2) is 47.1 Å². The Hall–Kier alpha value is -2.47. The Labute approximate surface area is 149 Å². The molecule has 0 spiro atoms. The van der Waals surface area contributed by atoms with Gasteiger partial charge in [0, 0.05) is 10.2 Å². The predicted molar refractivity (Wildman–Crippen MR) is 101 cm³/mol. The molecule has 3 aromatic rings. The highest BCUT2D eigenvalue weighted by Crippen LogP contribution is 2.26. The maximum atomic E-state index is 4.48. The Kier molecular flexibility index (Phi) is 4.76. The maximum absolute atomic E-state index is 4.48. The smallest absolute Gasteiger partial charge is 0.249 e. The summed E-state index contributed by atoms with van der Waals surface area (Å²) in [6, 6.07) is 12.2. The number of hydrogen-bond acceptors (Lipinski definition) is 5. The van der Waals surface area contributed by atoms with Gasteiger partial charge in [-0.1, -0.05) is 18.2 Å². The standard InChI is InChI=1S/C18H18BrN5/c1-11-7-8-16(14(19)9-11)22-18-23-17(10-20-24-18)21-15-6-4-5-12(2)13(15)3/h4-10H,1-3H3,(H2,21,22,23,24). The van der Waals surface area contributed by atoms with Crippen molar-refractivity contribution >= 4 is 39.1 Å². The van der Waals surface area contributed by atoms with Crippen LogP contribution in [0.1, 0.15) is 16.7 Å². The summed E-state index contributed by atoms with van der Waals surface area (Å²) < 4.78 is 0.957. The molecule has 2 N–H and O–H groups in total. The van der Waals surface area contributed by atoms with Gasteiger partial charge in [0.1, 0.15) is 0 Å². The first-order chi connectivity index (χ1) is 11.5. The van der Waals surface area contributed by atoms with E-state index in [-0.39, 0.29) is 0 Å². The van der Waals surface area contributed by atoms with Crippen molar-refractivity contribution in [3.8, 4) is 0 Å². The molecule has 0 amide bonds. The topological polar surface area (TPSA) is 62.7 Å². The van der Waals surface area contributed by atoms with Crippen molar-refractivity contribution in [1.29, 1.82) is 0 Å². The van der Waals surface area contributed by atoms with Crippen molar-refractivity contribution in [2.24, 2.45) is 0 Å². The molecule has 0 aliphatic carbocycles. The minimum Gasteiger partial charge on any atom is -0.339 e. The van der Waals surface area contributed by atoms with Crippen molar-refractivity contribution in [2.75, 3.05) is 10.6 Å². The minimum atomic E-state index is 0.440. The zero-order valence-electron chi connectivity index (χ0n) is 13.8. The van der Waals surface area contributed by atoms with E-state index < -0.39 is 0 Å². The maximum Gasteiger partial charge on any atom is 0.249 e. The average molecular weight is 384 g/mol. The van der Waals surface area contributed by atoms with Gasteiger partial charge in [-0.2, -0.15) is 10.1 Å². The van der Waals surface area contributed by atoms with Gasteiger partial charge >= 0.3 is 0 Å². The van der Waals surface area contributed by atoms with Gasteiger partial charge in [0.2, 0.25) is 5.95 Å². The lowest BCUT2D eigenvalue weighted by Crippen LogP contribution is -2.03. The summed E-state index contributed by atoms with van der Waals surface area (Å²) in [4.78, 5) is 4.48. The number of nitrogens with one attached hydrogen (secondary N) is 2. The molecule has 0 unspecified atom stereocenters. The van der Waals surface area contributed by atoms with Crippen molar-refractivity contribution in [2.45, 2.75) is 20.8 Å². The van der Waals surface area contributed by atoms with Gasteiger partial charge in [0.25, 0.3) is 0 Å². The molecule has 3 rings (SSSR count). The van der Waals surface area contributed by atoms with Crippen LogP contribution < -0.4 is 10.6 Å². The highest BCUT2D eigenvalue weighted by Gasteiger charge is 2.06. The molecule has 0 radical (unpaired) electrons. The van der Waals surface area contributed by atoms with Gasteiger partial charge < -0.3 is 10.6 Å². The Morgan fingerprint density at radius 1 is 0.958 bits per heavy atom. The average Bonchev–Trinajstić information content (AvgIpc) is 2.55. The Bertz CT molecular complexity index is 879. The van der Waals surface area contributed by atoms with E-state index in [0.717, 1.165) is 15.8 Å². The first-order valence-corrected chi connectivity index (χ1v) is 8.38. The molecule has 0 saturated heterocycles. The Balaban J connectivity index is 1.82. The van der Waals surface area contributed by atoms with Crippen LogP contribution in [0.2, 0.25) is 0 Å². The van der Waals surface area contributed by atoms with Crippen LogP contribution in [0, 0.1) is 20.8 Å². The van der Waals surface area contributed by atoms with E-state index in [1.807, 2.05) is 37.3 Å². The van der Waals surface area contributed by atoms with Crippen LogP contribution in [0.4, 0.5) is 23.1 Å². The van der Waals surface area contributed by atoms with E-state index >= 15 is 0 Å². The van der Waals surface area contributed by atoms with Crippen molar-refractivity contribution in [3.63, 3.8) is 0 Å². The molecule has 24 heavy (non-hydrogen) atoms. The summed E-state index contributed by atoms with van der Waals surface area (Å²) in [7, 11) is 0. The van der Waals surface area contributed by atoms with Crippen LogP contribution >= 0.6 is 15.9 Å². The minimum absolute atomic E-state index is 0.440. The summed E-state index contributed by atoms with van der Waals surface area (Å²) in [5.41, 5.74) is 5.50. The number of nitrogens with zero attached hydrogens (tertiary/aromatic N) is 3. The second-order valence-corrected chi connectivity index (χ2v) is 6.50. The summed E-state index contributed by atoms with van der Waals surface area (Å²) >= 11 is 3.54. The zero-order valence-corrected chi connectivity index (χ0v) is 15.3. The molecule has 122 valence electrons. The van der Waals surface area contributed by atoms with Gasteiger partial charge in [-0.3, -0.25) is 0 Å². The summed E-state index contributed by atoms with van der Waals surface area (Å²) in [6.07, 6.45) is 1.61. The molecule has 0 aliphatic heterocycles. The molecule has 0 aliphatic rings. The number of rotatable bonds is 4. The van der Waals surface area contributed by atoms with E-state index in [1.54, 1.807) is 6.20 Å². The van der Waals surface area contributed by atoms with Crippen molar-refractivity contribution in [1.82, 2.24) is 15.2 Å². The fourth-order valence-corrected chi connectivity index (χ4v) is 2.88. The number of aromatic nitrogens is 3. The van der Waals surface area contributed by atoms with Gasteiger partial charge in [0.15, 0.2) is 5.82 Å². The third-order valence-corrected chi connectivity index (χ3v) is 4.45. The Morgan fingerprint density at radius 3 is 2.58 bits per heavy atom. The van der Waals surface area contributed by atoms with Gasteiger partial charge in [0.05, 0.1) is 11.9 Å². The van der Waals surface area contributed by atoms with Gasteiger partial charge in [-0.25, -0.2) is 0 Å². The molecular formula is C18H18BrN5. The van der Waals surface area contributed by atoms with Crippen LogP contribution in [-0.2, 0) is 0 Å². The fraction of sp³-hybridized carbons (Fsp3) is 0.167. The van der Waals surface area contributed by atoms with Gasteiger partial charge in [-0.15, -0.1) is 5.10 Å². The second kappa shape index (κ2) is 6.97. The monoisotopic (exact) mass is 383 g/mol. The fourth-order valence-electron chi connectivity index (χ4n) is 2.28. The lowest BCUT2D eigenvalue weighted by Gasteiger charge is -2.12. The first-order valence-electron chi connectivity index (χ1n) is 7.59. The highest BCUT2D eigenvalue weighted by atomic mass is 79.9. The molecular weight excluding hydrogens is 366 g/mol. The van der Waals surface area contributed by atoms with Crippen LogP contribution in [-0.4, -0.2) is 15.2 Å². The third kappa shape index (κ3) is 3.71. The summed E-state index contributed by atoms with van der Waals surface area (Å²) in [6.45, 7) is 6.21. The normalized spacial score (nSPS) is 10.5. The molecule has 1 aromatic heterocycles. The first kappa shape index (κ1) is 16.4. The van der Waals surface area contributed by atoms with Crippen LogP contribution in [0.3, 0.4) is 0 Å². The van der Waals surface area contributed by atoms with Crippen molar-refractivity contribution in [3.05, 3.63) is 63.8 Å². The quantitative estimate of drug-likeness (QED) is 0.659.